The van der Waals surface area contributed by atoms with Crippen molar-refractivity contribution in [3.8, 4) is 0 Å². The summed E-state index contributed by atoms with van der Waals surface area (Å²) in [5, 5.41) is 0. The van der Waals surface area contributed by atoms with Crippen molar-refractivity contribution in [2.24, 2.45) is 0 Å². The maximum absolute atomic E-state index is 12.6. The number of carbonyl (C=O) groups excluding carboxylic acids is 2. The number of hydrogen-bond acceptors (Lipinski definition) is 2. The maximum Gasteiger partial charge on any atom is 0.162 e. The third-order valence-electron chi connectivity index (χ3n) is 3.16. The second-order valence-electron chi connectivity index (χ2n) is 5.08. The molecule has 2 aromatic carbocycles. The Labute approximate surface area is 131 Å². The molecular formula is C19H21FO2. The predicted molar refractivity (Wildman–Crippen MR) is 86.6 cm³/mol. The van der Waals surface area contributed by atoms with E-state index in [2.05, 4.69) is 31.2 Å². The van der Waals surface area contributed by atoms with Gasteiger partial charge < -0.3 is 4.79 Å². The Morgan fingerprint density at radius 2 is 1.73 bits per heavy atom. The number of aldehydes is 1. The normalized spacial score (nSPS) is 9.59. The Morgan fingerprint density at radius 3 is 2.23 bits per heavy atom. The fraction of sp³-hybridized carbons (Fsp3) is 0.263. The first-order valence-corrected chi connectivity index (χ1v) is 7.29. The minimum Gasteiger partial charge on any atom is -0.303 e. The van der Waals surface area contributed by atoms with E-state index in [0.29, 0.717) is 6.42 Å². The van der Waals surface area contributed by atoms with Gasteiger partial charge in [-0.25, -0.2) is 4.39 Å². The molecule has 3 heteroatoms. The van der Waals surface area contributed by atoms with Gasteiger partial charge in [0, 0.05) is 6.42 Å². The highest BCUT2D eigenvalue weighted by atomic mass is 19.1. The van der Waals surface area contributed by atoms with Gasteiger partial charge in [0.1, 0.15) is 12.1 Å². The third kappa shape index (κ3) is 6.44. The van der Waals surface area contributed by atoms with Crippen molar-refractivity contribution >= 4 is 12.1 Å². The summed E-state index contributed by atoms with van der Waals surface area (Å²) in [7, 11) is 0. The van der Waals surface area contributed by atoms with Crippen LogP contribution in [0, 0.1) is 12.7 Å². The first kappa shape index (κ1) is 17.8. The van der Waals surface area contributed by atoms with Gasteiger partial charge in [-0.05, 0) is 44.4 Å². The molecule has 0 atom stereocenters. The lowest BCUT2D eigenvalue weighted by Gasteiger charge is -1.98. The van der Waals surface area contributed by atoms with Crippen molar-refractivity contribution in [1.82, 2.24) is 0 Å². The lowest BCUT2D eigenvalue weighted by molar-refractivity contribution is -0.107. The molecule has 2 nitrogen and oxygen atoms in total. The first-order valence-electron chi connectivity index (χ1n) is 7.29. The number of benzene rings is 2. The van der Waals surface area contributed by atoms with E-state index < -0.39 is 5.82 Å². The fourth-order valence-electron chi connectivity index (χ4n) is 1.89. The second kappa shape index (κ2) is 9.61. The molecule has 0 aromatic heterocycles. The average molecular weight is 300 g/mol. The van der Waals surface area contributed by atoms with Crippen LogP contribution in [0.3, 0.4) is 0 Å². The lowest BCUT2D eigenvalue weighted by Crippen LogP contribution is -1.94. The van der Waals surface area contributed by atoms with E-state index in [1.165, 1.54) is 30.2 Å². The van der Waals surface area contributed by atoms with E-state index in [1.54, 1.807) is 12.1 Å². The van der Waals surface area contributed by atoms with Gasteiger partial charge >= 0.3 is 0 Å². The number of carbonyl (C=O) groups is 2. The quantitative estimate of drug-likeness (QED) is 0.461. The molecule has 0 spiro atoms. The minimum atomic E-state index is -0.449. The van der Waals surface area contributed by atoms with Crippen LogP contribution in [0.4, 0.5) is 4.39 Å². The Bertz CT molecular complexity index is 603. The maximum atomic E-state index is 12.6. The number of hydrogen-bond donors (Lipinski definition) is 0. The Balaban J connectivity index is 0.000000224. The summed E-state index contributed by atoms with van der Waals surface area (Å²) in [5.74, 6) is -0.687. The number of Topliss-reactive ketones (excluding diaryl/α,β-unsaturated/α-hetero) is 1. The van der Waals surface area contributed by atoms with Crippen molar-refractivity contribution in [3.05, 3.63) is 71.0 Å². The van der Waals surface area contributed by atoms with Crippen LogP contribution in [0.2, 0.25) is 0 Å². The highest BCUT2D eigenvalue weighted by Crippen LogP contribution is 2.06. The van der Waals surface area contributed by atoms with Gasteiger partial charge in [0.25, 0.3) is 0 Å². The zero-order chi connectivity index (χ0) is 16.4. The molecule has 0 fully saturated rings. The smallest absolute Gasteiger partial charge is 0.162 e. The van der Waals surface area contributed by atoms with E-state index in [1.807, 2.05) is 0 Å². The fourth-order valence-corrected chi connectivity index (χ4v) is 1.89. The number of aryl methyl sites for hydroxylation is 2. The SMILES string of the molecule is CC(=O)c1ccccc1F.Cc1ccc(CCCC=O)cc1. The van der Waals surface area contributed by atoms with Gasteiger partial charge in [-0.1, -0.05) is 42.0 Å². The summed E-state index contributed by atoms with van der Waals surface area (Å²) in [6.45, 7) is 3.42. The van der Waals surface area contributed by atoms with Crippen LogP contribution in [0.5, 0.6) is 0 Å². The molecule has 0 heterocycles. The van der Waals surface area contributed by atoms with Gasteiger partial charge in [0.05, 0.1) is 5.56 Å². The van der Waals surface area contributed by atoms with Crippen LogP contribution in [-0.2, 0) is 11.2 Å². The van der Waals surface area contributed by atoms with Gasteiger partial charge in [0.2, 0.25) is 0 Å². The van der Waals surface area contributed by atoms with E-state index in [4.69, 9.17) is 0 Å². The number of halogens is 1. The summed E-state index contributed by atoms with van der Waals surface area (Å²) in [4.78, 5) is 20.7. The molecule has 0 aliphatic rings. The van der Waals surface area contributed by atoms with Crippen molar-refractivity contribution in [3.63, 3.8) is 0 Å². The van der Waals surface area contributed by atoms with E-state index in [-0.39, 0.29) is 11.3 Å². The van der Waals surface area contributed by atoms with Gasteiger partial charge in [-0.2, -0.15) is 0 Å². The first-order chi connectivity index (χ1) is 10.5. The molecule has 22 heavy (non-hydrogen) atoms. The molecule has 0 amide bonds. The Kier molecular flexibility index (Phi) is 7.76. The van der Waals surface area contributed by atoms with Crippen LogP contribution in [0.15, 0.2) is 48.5 Å². The molecule has 2 aromatic rings. The summed E-state index contributed by atoms with van der Waals surface area (Å²) in [5.41, 5.74) is 2.76. The zero-order valence-corrected chi connectivity index (χ0v) is 13.0. The monoisotopic (exact) mass is 300 g/mol. The summed E-state index contributed by atoms with van der Waals surface area (Å²) >= 11 is 0. The molecular weight excluding hydrogens is 279 g/mol. The van der Waals surface area contributed by atoms with Crippen LogP contribution >= 0.6 is 0 Å². The van der Waals surface area contributed by atoms with Crippen molar-refractivity contribution in [2.75, 3.05) is 0 Å². The predicted octanol–water partition coefficient (Wildman–Crippen LogP) is 4.54. The average Bonchev–Trinajstić information content (AvgIpc) is 2.50. The topological polar surface area (TPSA) is 34.1 Å². The summed E-state index contributed by atoms with van der Waals surface area (Å²) in [6.07, 6.45) is 3.63. The minimum absolute atomic E-state index is 0.155. The standard InChI is InChI=1S/C11H14O.C8H7FO/c1-10-5-7-11(8-6-10)4-2-3-9-12;1-6(10)7-4-2-3-5-8(7)9/h5-9H,2-4H2,1H3;2-5H,1H3. The number of rotatable bonds is 5. The van der Waals surface area contributed by atoms with E-state index >= 15 is 0 Å². The summed E-state index contributed by atoms with van der Waals surface area (Å²) in [6, 6.07) is 14.4. The number of unbranched alkanes of at least 4 members (excludes halogenated alkanes) is 1. The van der Waals surface area contributed by atoms with Crippen LogP contribution < -0.4 is 0 Å². The van der Waals surface area contributed by atoms with Crippen LogP contribution in [0.1, 0.15) is 41.3 Å². The van der Waals surface area contributed by atoms with E-state index in [0.717, 1.165) is 19.1 Å². The molecule has 0 bridgehead atoms. The second-order valence-corrected chi connectivity index (χ2v) is 5.08. The molecule has 116 valence electrons. The largest absolute Gasteiger partial charge is 0.303 e. The highest BCUT2D eigenvalue weighted by Gasteiger charge is 2.03. The van der Waals surface area contributed by atoms with Crippen molar-refractivity contribution in [2.45, 2.75) is 33.1 Å². The molecule has 2 rings (SSSR count). The highest BCUT2D eigenvalue weighted by molar-refractivity contribution is 5.94. The molecule has 0 unspecified atom stereocenters. The summed E-state index contributed by atoms with van der Waals surface area (Å²) < 4.78 is 12.6. The molecule has 0 aliphatic heterocycles. The molecule has 0 aliphatic carbocycles. The van der Waals surface area contributed by atoms with Crippen LogP contribution in [-0.4, -0.2) is 12.1 Å². The van der Waals surface area contributed by atoms with Gasteiger partial charge in [0.15, 0.2) is 5.78 Å². The van der Waals surface area contributed by atoms with Crippen molar-refractivity contribution < 1.29 is 14.0 Å². The Hall–Kier alpha value is -2.29. The molecule has 0 saturated carbocycles. The lowest BCUT2D eigenvalue weighted by atomic mass is 10.1. The molecule has 0 radical (unpaired) electrons. The number of ketones is 1. The molecule has 0 saturated heterocycles. The molecule has 0 N–H and O–H groups in total. The Morgan fingerprint density at radius 1 is 1.09 bits per heavy atom. The third-order valence-corrected chi connectivity index (χ3v) is 3.16. The van der Waals surface area contributed by atoms with E-state index in [9.17, 15) is 14.0 Å². The zero-order valence-electron chi connectivity index (χ0n) is 13.0. The van der Waals surface area contributed by atoms with Crippen LogP contribution in [0.25, 0.3) is 0 Å². The van der Waals surface area contributed by atoms with Gasteiger partial charge in [-0.15, -0.1) is 0 Å². The van der Waals surface area contributed by atoms with Crippen molar-refractivity contribution in [1.29, 1.82) is 0 Å². The van der Waals surface area contributed by atoms with Gasteiger partial charge in [-0.3, -0.25) is 4.79 Å².